The number of allylic oxidation sites excluding steroid dienone is 3. The van der Waals surface area contributed by atoms with E-state index < -0.39 is 0 Å². The zero-order chi connectivity index (χ0) is 21.0. The largest absolute Gasteiger partial charge is 0.373 e. The fourth-order valence-corrected chi connectivity index (χ4v) is 4.50. The summed E-state index contributed by atoms with van der Waals surface area (Å²) in [4.78, 5) is 0. The first-order chi connectivity index (χ1) is 14.8. The fraction of sp³-hybridized carbons (Fsp3) is 0.448. The van der Waals surface area contributed by atoms with Crippen LogP contribution in [0, 0.1) is 5.92 Å². The van der Waals surface area contributed by atoms with Crippen molar-refractivity contribution in [2.75, 3.05) is 6.61 Å². The van der Waals surface area contributed by atoms with Gasteiger partial charge in [0.2, 0.25) is 0 Å². The molecule has 0 aliphatic heterocycles. The number of rotatable bonds is 10. The van der Waals surface area contributed by atoms with Crippen LogP contribution in [0.15, 0.2) is 72.8 Å². The van der Waals surface area contributed by atoms with Crippen molar-refractivity contribution in [3.63, 3.8) is 0 Å². The van der Waals surface area contributed by atoms with E-state index in [0.717, 1.165) is 18.3 Å². The van der Waals surface area contributed by atoms with Crippen molar-refractivity contribution < 1.29 is 4.74 Å². The molecule has 1 aliphatic rings. The first kappa shape index (κ1) is 22.6. The molecule has 0 unspecified atom stereocenters. The summed E-state index contributed by atoms with van der Waals surface area (Å²) in [6, 6.07) is 18.1. The van der Waals surface area contributed by atoms with E-state index in [2.05, 4.69) is 86.7 Å². The predicted molar refractivity (Wildman–Crippen MR) is 130 cm³/mol. The molecule has 1 nitrogen and oxygen atoms in total. The molecule has 2 aromatic carbocycles. The van der Waals surface area contributed by atoms with Gasteiger partial charge in [-0.25, -0.2) is 0 Å². The molecule has 0 amide bonds. The van der Waals surface area contributed by atoms with E-state index >= 15 is 0 Å². The molecule has 1 heteroatoms. The summed E-state index contributed by atoms with van der Waals surface area (Å²) in [5.41, 5.74) is 5.34. The molecule has 0 aromatic heterocycles. The predicted octanol–water partition coefficient (Wildman–Crippen LogP) is 8.47. The summed E-state index contributed by atoms with van der Waals surface area (Å²) in [5, 5.41) is 0. The second-order valence-corrected chi connectivity index (χ2v) is 8.58. The van der Waals surface area contributed by atoms with Gasteiger partial charge in [0.1, 0.15) is 0 Å². The van der Waals surface area contributed by atoms with Crippen LogP contribution in [-0.4, -0.2) is 6.61 Å². The minimum atomic E-state index is 0.671. The van der Waals surface area contributed by atoms with Crippen molar-refractivity contribution in [3.05, 3.63) is 84.0 Å². The van der Waals surface area contributed by atoms with Crippen LogP contribution in [0.25, 0.3) is 11.1 Å². The maximum atomic E-state index is 5.69. The molecule has 160 valence electrons. The molecule has 1 saturated carbocycles. The quantitative estimate of drug-likeness (QED) is 0.286. The van der Waals surface area contributed by atoms with Gasteiger partial charge in [0.25, 0.3) is 0 Å². The lowest BCUT2D eigenvalue weighted by Crippen LogP contribution is -2.13. The van der Waals surface area contributed by atoms with E-state index in [9.17, 15) is 0 Å². The van der Waals surface area contributed by atoms with Gasteiger partial charge in [0.15, 0.2) is 0 Å². The molecule has 0 bridgehead atoms. The minimum absolute atomic E-state index is 0.671. The third-order valence-corrected chi connectivity index (χ3v) is 6.38. The zero-order valence-electron chi connectivity index (χ0n) is 18.9. The highest BCUT2D eigenvalue weighted by atomic mass is 16.5. The summed E-state index contributed by atoms with van der Waals surface area (Å²) >= 11 is 0. The fourth-order valence-electron chi connectivity index (χ4n) is 4.50. The molecule has 2 aromatic rings. The monoisotopic (exact) mass is 402 g/mol. The second-order valence-electron chi connectivity index (χ2n) is 8.58. The number of hydrogen-bond donors (Lipinski definition) is 0. The maximum absolute atomic E-state index is 5.69. The van der Waals surface area contributed by atoms with Crippen LogP contribution in [0.3, 0.4) is 0 Å². The highest BCUT2D eigenvalue weighted by molar-refractivity contribution is 5.64. The molecular formula is C29H38O. The van der Waals surface area contributed by atoms with Crippen molar-refractivity contribution in [2.24, 2.45) is 5.92 Å². The van der Waals surface area contributed by atoms with Crippen LogP contribution in [0.4, 0.5) is 0 Å². The Hall–Kier alpha value is -2.12. The van der Waals surface area contributed by atoms with E-state index in [1.54, 1.807) is 0 Å². The Morgan fingerprint density at radius 3 is 2.13 bits per heavy atom. The molecule has 3 rings (SSSR count). The van der Waals surface area contributed by atoms with Gasteiger partial charge in [-0.1, -0.05) is 79.8 Å². The van der Waals surface area contributed by atoms with E-state index in [4.69, 9.17) is 4.74 Å². The van der Waals surface area contributed by atoms with E-state index in [-0.39, 0.29) is 0 Å². The highest BCUT2D eigenvalue weighted by Crippen LogP contribution is 2.38. The second kappa shape index (κ2) is 12.5. The summed E-state index contributed by atoms with van der Waals surface area (Å²) in [5.74, 6) is 1.68. The first-order valence-corrected chi connectivity index (χ1v) is 11.8. The van der Waals surface area contributed by atoms with Gasteiger partial charge in [0, 0.05) is 0 Å². The third kappa shape index (κ3) is 6.99. The molecule has 1 aliphatic carbocycles. The SMILES string of the molecule is C/C=C/CCC1CCC(c2ccc(-c3ccc(COCC=CCC)cc3)cc2)CC1. The molecule has 30 heavy (non-hydrogen) atoms. The molecule has 0 atom stereocenters. The molecular weight excluding hydrogens is 364 g/mol. The Labute approximate surface area is 183 Å². The normalized spacial score (nSPS) is 19.7. The molecule has 1 fully saturated rings. The smallest absolute Gasteiger partial charge is 0.0721 e. The summed E-state index contributed by atoms with van der Waals surface area (Å²) < 4.78 is 5.69. The lowest BCUT2D eigenvalue weighted by molar-refractivity contribution is 0.148. The van der Waals surface area contributed by atoms with Gasteiger partial charge in [-0.3, -0.25) is 0 Å². The van der Waals surface area contributed by atoms with Gasteiger partial charge in [-0.05, 0) is 86.0 Å². The number of benzene rings is 2. The molecule has 0 saturated heterocycles. The average molecular weight is 403 g/mol. The zero-order valence-corrected chi connectivity index (χ0v) is 18.9. The number of ether oxygens (including phenoxy) is 1. The lowest BCUT2D eigenvalue weighted by atomic mass is 9.77. The summed E-state index contributed by atoms with van der Waals surface area (Å²) in [6.45, 7) is 5.62. The van der Waals surface area contributed by atoms with E-state index in [1.807, 2.05) is 0 Å². The van der Waals surface area contributed by atoms with E-state index in [0.29, 0.717) is 13.2 Å². The Morgan fingerprint density at radius 1 is 0.833 bits per heavy atom. The van der Waals surface area contributed by atoms with Crippen LogP contribution < -0.4 is 0 Å². The Morgan fingerprint density at radius 2 is 1.50 bits per heavy atom. The minimum Gasteiger partial charge on any atom is -0.373 e. The van der Waals surface area contributed by atoms with Gasteiger partial charge >= 0.3 is 0 Å². The van der Waals surface area contributed by atoms with Crippen LogP contribution >= 0.6 is 0 Å². The van der Waals surface area contributed by atoms with Crippen molar-refractivity contribution in [3.8, 4) is 11.1 Å². The van der Waals surface area contributed by atoms with Crippen LogP contribution in [-0.2, 0) is 11.3 Å². The van der Waals surface area contributed by atoms with Gasteiger partial charge in [0.05, 0.1) is 13.2 Å². The third-order valence-electron chi connectivity index (χ3n) is 6.38. The summed E-state index contributed by atoms with van der Waals surface area (Å²) in [6.07, 6.45) is 17.9. The van der Waals surface area contributed by atoms with Crippen LogP contribution in [0.2, 0.25) is 0 Å². The molecule has 0 spiro atoms. The Bertz CT molecular complexity index is 774. The van der Waals surface area contributed by atoms with Crippen molar-refractivity contribution in [2.45, 2.75) is 71.3 Å². The topological polar surface area (TPSA) is 9.23 Å². The van der Waals surface area contributed by atoms with Gasteiger partial charge < -0.3 is 4.74 Å². The summed E-state index contributed by atoms with van der Waals surface area (Å²) in [7, 11) is 0. The van der Waals surface area contributed by atoms with Crippen LogP contribution in [0.5, 0.6) is 0 Å². The van der Waals surface area contributed by atoms with Gasteiger partial charge in [-0.2, -0.15) is 0 Å². The van der Waals surface area contributed by atoms with Crippen molar-refractivity contribution in [1.29, 1.82) is 0 Å². The van der Waals surface area contributed by atoms with Crippen molar-refractivity contribution >= 4 is 0 Å². The standard InChI is InChI=1S/C29H38O/c1-3-5-7-9-24-10-14-26(15-11-24)28-18-20-29(21-19-28)27-16-12-25(13-17-27)23-30-22-8-6-4-2/h3,5-6,8,12-13,16-21,24,26H,4,7,9-11,14-15,22-23H2,1-2H3/b5-3+,8-6?. The maximum Gasteiger partial charge on any atom is 0.0721 e. The molecule has 0 heterocycles. The van der Waals surface area contributed by atoms with Crippen LogP contribution in [0.1, 0.15) is 75.8 Å². The van der Waals surface area contributed by atoms with Crippen molar-refractivity contribution in [1.82, 2.24) is 0 Å². The first-order valence-electron chi connectivity index (χ1n) is 11.8. The Kier molecular flexibility index (Phi) is 9.44. The molecule has 0 N–H and O–H groups in total. The van der Waals surface area contributed by atoms with E-state index in [1.165, 1.54) is 60.8 Å². The average Bonchev–Trinajstić information content (AvgIpc) is 2.80. The Balaban J connectivity index is 1.49. The number of hydrogen-bond acceptors (Lipinski definition) is 1. The lowest BCUT2D eigenvalue weighted by Gasteiger charge is -2.28. The molecule has 0 radical (unpaired) electrons. The van der Waals surface area contributed by atoms with Gasteiger partial charge in [-0.15, -0.1) is 0 Å². The highest BCUT2D eigenvalue weighted by Gasteiger charge is 2.21.